The molecule has 1 saturated carbocycles. The molecular formula is C12H19N3OS2. The lowest BCUT2D eigenvalue weighted by atomic mass is 10.3. The highest BCUT2D eigenvalue weighted by Crippen LogP contribution is 2.45. The number of nitrogens with two attached hydrogens (primary N) is 1. The highest BCUT2D eigenvalue weighted by molar-refractivity contribution is 7.99. The van der Waals surface area contributed by atoms with E-state index in [4.69, 9.17) is 5.73 Å². The van der Waals surface area contributed by atoms with E-state index in [2.05, 4.69) is 12.2 Å². The Balaban J connectivity index is 2.29. The lowest BCUT2D eigenvalue weighted by Crippen LogP contribution is -2.21. The van der Waals surface area contributed by atoms with E-state index in [1.54, 1.807) is 30.8 Å². The largest absolute Gasteiger partial charge is 0.396 e. The van der Waals surface area contributed by atoms with Crippen molar-refractivity contribution in [1.82, 2.24) is 4.90 Å². The van der Waals surface area contributed by atoms with Crippen LogP contribution in [-0.2, 0) is 0 Å². The third-order valence-electron chi connectivity index (χ3n) is 3.13. The molecule has 1 fully saturated rings. The van der Waals surface area contributed by atoms with Crippen LogP contribution in [0.2, 0.25) is 0 Å². The molecule has 6 heteroatoms. The highest BCUT2D eigenvalue weighted by atomic mass is 32.2. The van der Waals surface area contributed by atoms with Gasteiger partial charge in [0.2, 0.25) is 0 Å². The van der Waals surface area contributed by atoms with Crippen molar-refractivity contribution in [3.05, 3.63) is 4.88 Å². The molecule has 1 heterocycles. The van der Waals surface area contributed by atoms with Gasteiger partial charge in [-0.15, -0.1) is 23.1 Å². The van der Waals surface area contributed by atoms with Crippen LogP contribution >= 0.6 is 23.1 Å². The Kier molecular flexibility index (Phi) is 3.77. The summed E-state index contributed by atoms with van der Waals surface area (Å²) in [6.45, 7) is 2.22. The lowest BCUT2D eigenvalue weighted by Gasteiger charge is -2.08. The summed E-state index contributed by atoms with van der Waals surface area (Å²) >= 11 is 3.06. The molecule has 2 atom stereocenters. The number of hydrogen-bond acceptors (Lipinski definition) is 5. The molecule has 1 aromatic heterocycles. The fourth-order valence-electron chi connectivity index (χ4n) is 1.78. The fraction of sp³-hybridized carbons (Fsp3) is 0.583. The Morgan fingerprint density at radius 1 is 1.56 bits per heavy atom. The molecule has 100 valence electrons. The zero-order valence-electron chi connectivity index (χ0n) is 11.1. The third kappa shape index (κ3) is 2.44. The van der Waals surface area contributed by atoms with Gasteiger partial charge in [-0.25, -0.2) is 0 Å². The van der Waals surface area contributed by atoms with Gasteiger partial charge < -0.3 is 16.0 Å². The molecule has 0 bridgehead atoms. The van der Waals surface area contributed by atoms with Crippen LogP contribution in [0.5, 0.6) is 0 Å². The van der Waals surface area contributed by atoms with Crippen LogP contribution in [-0.4, -0.2) is 37.2 Å². The number of rotatable bonds is 4. The van der Waals surface area contributed by atoms with E-state index in [1.807, 2.05) is 6.26 Å². The minimum Gasteiger partial charge on any atom is -0.396 e. The van der Waals surface area contributed by atoms with Crippen molar-refractivity contribution in [3.8, 4) is 0 Å². The van der Waals surface area contributed by atoms with Crippen molar-refractivity contribution < 1.29 is 4.79 Å². The van der Waals surface area contributed by atoms with Gasteiger partial charge in [0.1, 0.15) is 9.88 Å². The van der Waals surface area contributed by atoms with Crippen molar-refractivity contribution in [3.63, 3.8) is 0 Å². The van der Waals surface area contributed by atoms with Gasteiger partial charge in [-0.2, -0.15) is 0 Å². The second-order valence-corrected chi connectivity index (χ2v) is 6.71. The molecule has 3 N–H and O–H groups in total. The first kappa shape index (κ1) is 13.5. The molecule has 0 saturated heterocycles. The molecular weight excluding hydrogens is 266 g/mol. The number of carbonyl (C=O) groups is 1. The highest BCUT2D eigenvalue weighted by Gasteiger charge is 2.34. The standard InChI is InChI=1S/C12H19N3OS2/c1-6-5-7(6)14-11-9(17-4)8(13)10(18-11)12(16)15(2)3/h6-7,14H,5,13H2,1-4H3. The van der Waals surface area contributed by atoms with Crippen LogP contribution in [0, 0.1) is 5.92 Å². The van der Waals surface area contributed by atoms with Crippen LogP contribution in [0.15, 0.2) is 4.90 Å². The monoisotopic (exact) mass is 285 g/mol. The van der Waals surface area contributed by atoms with Crippen molar-refractivity contribution in [2.75, 3.05) is 31.4 Å². The van der Waals surface area contributed by atoms with Gasteiger partial charge in [-0.05, 0) is 18.6 Å². The first-order valence-electron chi connectivity index (χ1n) is 5.90. The quantitative estimate of drug-likeness (QED) is 0.835. The van der Waals surface area contributed by atoms with E-state index in [0.717, 1.165) is 15.8 Å². The number of thioether (sulfide) groups is 1. The Bertz CT molecular complexity index is 470. The first-order valence-corrected chi connectivity index (χ1v) is 7.94. The average Bonchev–Trinajstić information content (AvgIpc) is 2.90. The van der Waals surface area contributed by atoms with Gasteiger partial charge in [0.15, 0.2) is 0 Å². The van der Waals surface area contributed by atoms with E-state index < -0.39 is 0 Å². The van der Waals surface area contributed by atoms with Gasteiger partial charge in [0, 0.05) is 20.1 Å². The lowest BCUT2D eigenvalue weighted by molar-refractivity contribution is 0.0833. The van der Waals surface area contributed by atoms with Crippen LogP contribution < -0.4 is 11.1 Å². The number of nitrogens with zero attached hydrogens (tertiary/aromatic N) is 1. The van der Waals surface area contributed by atoms with Crippen LogP contribution in [0.1, 0.15) is 23.0 Å². The second kappa shape index (κ2) is 5.01. The number of hydrogen-bond donors (Lipinski definition) is 2. The Morgan fingerprint density at radius 3 is 2.61 bits per heavy atom. The Hall–Kier alpha value is -0.880. The summed E-state index contributed by atoms with van der Waals surface area (Å²) in [5, 5.41) is 4.53. The Labute approximate surface area is 116 Å². The second-order valence-electron chi connectivity index (χ2n) is 4.87. The third-order valence-corrected chi connectivity index (χ3v) is 5.22. The summed E-state index contributed by atoms with van der Waals surface area (Å²) in [7, 11) is 3.49. The van der Waals surface area contributed by atoms with Crippen molar-refractivity contribution in [2.24, 2.45) is 5.92 Å². The zero-order chi connectivity index (χ0) is 13.4. The smallest absolute Gasteiger partial charge is 0.265 e. The molecule has 0 aliphatic heterocycles. The molecule has 0 spiro atoms. The van der Waals surface area contributed by atoms with Gasteiger partial charge in [0.05, 0.1) is 10.6 Å². The summed E-state index contributed by atoms with van der Waals surface area (Å²) in [4.78, 5) is 15.2. The van der Waals surface area contributed by atoms with Crippen molar-refractivity contribution in [1.29, 1.82) is 0 Å². The number of nitrogens with one attached hydrogen (secondary N) is 1. The number of anilines is 2. The molecule has 2 unspecified atom stereocenters. The fourth-order valence-corrected chi connectivity index (χ4v) is 3.88. The van der Waals surface area contributed by atoms with E-state index in [1.165, 1.54) is 17.8 Å². The molecule has 0 aromatic carbocycles. The molecule has 1 amide bonds. The average molecular weight is 285 g/mol. The summed E-state index contributed by atoms with van der Waals surface area (Å²) in [5.41, 5.74) is 6.70. The van der Waals surface area contributed by atoms with Gasteiger partial charge in [0.25, 0.3) is 5.91 Å². The zero-order valence-corrected chi connectivity index (χ0v) is 12.7. The minimum atomic E-state index is -0.0234. The van der Waals surface area contributed by atoms with E-state index in [9.17, 15) is 4.79 Å². The summed E-state index contributed by atoms with van der Waals surface area (Å²) in [6.07, 6.45) is 3.19. The van der Waals surface area contributed by atoms with Gasteiger partial charge in [-0.3, -0.25) is 4.79 Å². The number of amides is 1. The Morgan fingerprint density at radius 2 is 2.17 bits per heavy atom. The van der Waals surface area contributed by atoms with E-state index in [0.29, 0.717) is 16.6 Å². The van der Waals surface area contributed by atoms with Crippen LogP contribution in [0.25, 0.3) is 0 Å². The number of thiophene rings is 1. The van der Waals surface area contributed by atoms with E-state index in [-0.39, 0.29) is 5.91 Å². The number of carbonyl (C=O) groups excluding carboxylic acids is 1. The molecule has 1 aliphatic carbocycles. The predicted molar refractivity (Wildman–Crippen MR) is 79.7 cm³/mol. The summed E-state index contributed by atoms with van der Waals surface area (Å²) in [5.74, 6) is 0.695. The maximum Gasteiger partial charge on any atom is 0.265 e. The van der Waals surface area contributed by atoms with Crippen molar-refractivity contribution in [2.45, 2.75) is 24.3 Å². The van der Waals surface area contributed by atoms with Gasteiger partial charge >= 0.3 is 0 Å². The molecule has 2 rings (SSSR count). The minimum absolute atomic E-state index is 0.0234. The van der Waals surface area contributed by atoms with E-state index >= 15 is 0 Å². The predicted octanol–water partition coefficient (Wildman–Crippen LogP) is 2.57. The van der Waals surface area contributed by atoms with Crippen molar-refractivity contribution >= 4 is 39.7 Å². The normalized spacial score (nSPS) is 21.8. The molecule has 0 radical (unpaired) electrons. The molecule has 18 heavy (non-hydrogen) atoms. The topological polar surface area (TPSA) is 58.4 Å². The van der Waals surface area contributed by atoms with Gasteiger partial charge in [-0.1, -0.05) is 6.92 Å². The molecule has 1 aliphatic rings. The summed E-state index contributed by atoms with van der Waals surface area (Å²) < 4.78 is 0. The maximum absolute atomic E-state index is 12.0. The molecule has 1 aromatic rings. The number of nitrogen functional groups attached to an aromatic ring is 1. The van der Waals surface area contributed by atoms with Crippen LogP contribution in [0.4, 0.5) is 10.7 Å². The SMILES string of the molecule is CSc1c(NC2CC2C)sc(C(=O)N(C)C)c1N. The molecule has 4 nitrogen and oxygen atoms in total. The first-order chi connectivity index (χ1) is 8.45. The van der Waals surface area contributed by atoms with Crippen LogP contribution in [0.3, 0.4) is 0 Å². The summed E-state index contributed by atoms with van der Waals surface area (Å²) in [6, 6.07) is 0.538. The maximum atomic E-state index is 12.0.